The van der Waals surface area contributed by atoms with Gasteiger partial charge in [-0.2, -0.15) is 0 Å². The van der Waals surface area contributed by atoms with Crippen LogP contribution in [-0.2, 0) is 26.2 Å². The Balaban J connectivity index is 2.05. The van der Waals surface area contributed by atoms with Crippen LogP contribution in [0.1, 0.15) is 38.3 Å². The van der Waals surface area contributed by atoms with E-state index in [0.29, 0.717) is 12.0 Å². The van der Waals surface area contributed by atoms with Gasteiger partial charge >= 0.3 is 0 Å². The first-order chi connectivity index (χ1) is 18.8. The van der Waals surface area contributed by atoms with E-state index in [1.807, 2.05) is 20.8 Å². The number of hydrogen-bond donors (Lipinski definition) is 1. The summed E-state index contributed by atoms with van der Waals surface area (Å²) in [5.41, 5.74) is 1.51. The van der Waals surface area contributed by atoms with Gasteiger partial charge < -0.3 is 10.2 Å². The fourth-order valence-corrected chi connectivity index (χ4v) is 5.80. The Morgan fingerprint density at radius 2 is 1.52 bits per heavy atom. The normalized spacial score (nSPS) is 12.9. The molecule has 0 unspecified atom stereocenters. The summed E-state index contributed by atoms with van der Waals surface area (Å²) >= 11 is 12.4. The molecule has 0 aliphatic rings. The molecule has 3 rings (SSSR count). The first-order valence-electron chi connectivity index (χ1n) is 12.7. The summed E-state index contributed by atoms with van der Waals surface area (Å²) in [7, 11) is -4.26. The molecular weight excluding hydrogens is 576 g/mol. The molecule has 0 aliphatic heterocycles. The topological polar surface area (TPSA) is 86.8 Å². The molecule has 0 saturated heterocycles. The zero-order valence-corrected chi connectivity index (χ0v) is 25.0. The lowest BCUT2D eigenvalue weighted by molar-refractivity contribution is -0.139. The molecule has 3 aromatic carbocycles. The van der Waals surface area contributed by atoms with E-state index in [1.54, 1.807) is 19.1 Å². The minimum atomic E-state index is -4.26. The molecule has 0 fully saturated rings. The van der Waals surface area contributed by atoms with Crippen molar-refractivity contribution in [2.45, 2.75) is 57.6 Å². The van der Waals surface area contributed by atoms with Crippen molar-refractivity contribution in [1.29, 1.82) is 0 Å². The molecule has 3 aromatic rings. The highest BCUT2D eigenvalue weighted by Gasteiger charge is 2.33. The molecule has 1 N–H and O–H groups in total. The number of sulfonamides is 1. The van der Waals surface area contributed by atoms with E-state index in [2.05, 4.69) is 5.32 Å². The van der Waals surface area contributed by atoms with Crippen molar-refractivity contribution in [2.24, 2.45) is 0 Å². The molecule has 11 heteroatoms. The van der Waals surface area contributed by atoms with Gasteiger partial charge in [-0.1, -0.05) is 60.0 Å². The third kappa shape index (κ3) is 7.96. The number of benzene rings is 3. The standard InChI is InChI=1S/C29H32Cl2FN3O4S/c1-5-20(3)33-29(37)21(4)34(17-22-8-10-25(32)11-9-22)28(36)18-35(26-15-23(30)14-24(31)16-26)40(38,39)27-12-6-19(2)7-13-27/h6-16,20-21H,5,17-18H2,1-4H3,(H,33,37)/t20-,21-/m0/s1. The minimum Gasteiger partial charge on any atom is -0.352 e. The van der Waals surface area contributed by atoms with Crippen LogP contribution in [-0.4, -0.2) is 43.8 Å². The summed E-state index contributed by atoms with van der Waals surface area (Å²) < 4.78 is 42.2. The first kappa shape index (κ1) is 31.4. The van der Waals surface area contributed by atoms with Crippen molar-refractivity contribution >= 4 is 50.7 Å². The van der Waals surface area contributed by atoms with Gasteiger partial charge in [-0.25, -0.2) is 12.8 Å². The van der Waals surface area contributed by atoms with Gasteiger partial charge in [0.05, 0.1) is 10.6 Å². The van der Waals surface area contributed by atoms with Crippen LogP contribution in [0.5, 0.6) is 0 Å². The molecule has 0 bridgehead atoms. The summed E-state index contributed by atoms with van der Waals surface area (Å²) in [5.74, 6) is -1.50. The van der Waals surface area contributed by atoms with Crippen molar-refractivity contribution < 1.29 is 22.4 Å². The average Bonchev–Trinajstić information content (AvgIpc) is 2.90. The number of amides is 2. The van der Waals surface area contributed by atoms with Gasteiger partial charge in [-0.05, 0) is 75.2 Å². The molecule has 0 spiro atoms. The summed E-state index contributed by atoms with van der Waals surface area (Å²) in [5, 5.41) is 3.23. The van der Waals surface area contributed by atoms with E-state index in [4.69, 9.17) is 23.2 Å². The van der Waals surface area contributed by atoms with Gasteiger partial charge in [-0.15, -0.1) is 0 Å². The Kier molecular flexibility index (Phi) is 10.6. The molecule has 0 saturated carbocycles. The Morgan fingerprint density at radius 3 is 2.08 bits per heavy atom. The first-order valence-corrected chi connectivity index (χ1v) is 14.9. The van der Waals surface area contributed by atoms with E-state index in [9.17, 15) is 22.4 Å². The molecule has 2 atom stereocenters. The summed E-state index contributed by atoms with van der Waals surface area (Å²) in [6, 6.07) is 14.9. The number of nitrogens with one attached hydrogen (secondary N) is 1. The van der Waals surface area contributed by atoms with Gasteiger partial charge in [-0.3, -0.25) is 13.9 Å². The van der Waals surface area contributed by atoms with E-state index in [0.717, 1.165) is 9.87 Å². The maximum atomic E-state index is 13.9. The van der Waals surface area contributed by atoms with Crippen LogP contribution in [0.15, 0.2) is 71.6 Å². The molecule has 40 heavy (non-hydrogen) atoms. The fourth-order valence-electron chi connectivity index (χ4n) is 3.88. The SMILES string of the molecule is CC[C@H](C)NC(=O)[C@H](C)N(Cc1ccc(F)cc1)C(=O)CN(c1cc(Cl)cc(Cl)c1)S(=O)(=O)c1ccc(C)cc1. The van der Waals surface area contributed by atoms with Crippen molar-refractivity contribution in [1.82, 2.24) is 10.2 Å². The maximum absolute atomic E-state index is 13.9. The number of anilines is 1. The highest BCUT2D eigenvalue weighted by atomic mass is 35.5. The van der Waals surface area contributed by atoms with E-state index >= 15 is 0 Å². The summed E-state index contributed by atoms with van der Waals surface area (Å²) in [6.07, 6.45) is 0.683. The minimum absolute atomic E-state index is 0.0327. The molecule has 2 amide bonds. The fraction of sp³-hybridized carbons (Fsp3) is 0.310. The highest BCUT2D eigenvalue weighted by Crippen LogP contribution is 2.30. The van der Waals surface area contributed by atoms with E-state index in [1.165, 1.54) is 59.5 Å². The van der Waals surface area contributed by atoms with Crippen LogP contribution in [0.2, 0.25) is 10.0 Å². The second kappa shape index (κ2) is 13.5. The quantitative estimate of drug-likeness (QED) is 0.291. The van der Waals surface area contributed by atoms with Crippen LogP contribution in [0.3, 0.4) is 0 Å². The second-order valence-corrected chi connectivity index (χ2v) is 12.3. The number of rotatable bonds is 11. The molecule has 0 aliphatic carbocycles. The number of halogens is 3. The molecule has 7 nitrogen and oxygen atoms in total. The predicted octanol–water partition coefficient (Wildman–Crippen LogP) is 5.97. The van der Waals surface area contributed by atoms with Crippen LogP contribution >= 0.6 is 23.2 Å². The Morgan fingerprint density at radius 1 is 0.950 bits per heavy atom. The number of aryl methyl sites for hydroxylation is 1. The van der Waals surface area contributed by atoms with Crippen molar-refractivity contribution in [3.05, 3.63) is 93.7 Å². The van der Waals surface area contributed by atoms with E-state index in [-0.39, 0.29) is 33.2 Å². The smallest absolute Gasteiger partial charge is 0.264 e. The van der Waals surface area contributed by atoms with Crippen LogP contribution < -0.4 is 9.62 Å². The van der Waals surface area contributed by atoms with Crippen LogP contribution in [0, 0.1) is 12.7 Å². The third-order valence-electron chi connectivity index (χ3n) is 6.46. The highest BCUT2D eigenvalue weighted by molar-refractivity contribution is 7.92. The zero-order chi connectivity index (χ0) is 29.6. The molecule has 0 heterocycles. The molecule has 0 aromatic heterocycles. The van der Waals surface area contributed by atoms with Gasteiger partial charge in [0.2, 0.25) is 11.8 Å². The number of carbonyl (C=O) groups excluding carboxylic acids is 2. The number of carbonyl (C=O) groups is 2. The van der Waals surface area contributed by atoms with E-state index < -0.39 is 40.2 Å². The Labute approximate surface area is 244 Å². The lowest BCUT2D eigenvalue weighted by Crippen LogP contribution is -2.52. The molecular formula is C29H32Cl2FN3O4S. The summed E-state index contributed by atoms with van der Waals surface area (Å²) in [6.45, 7) is 6.45. The Bertz CT molecular complexity index is 1430. The van der Waals surface area contributed by atoms with Crippen LogP contribution in [0.25, 0.3) is 0 Å². The van der Waals surface area contributed by atoms with Gasteiger partial charge in [0.25, 0.3) is 10.0 Å². The van der Waals surface area contributed by atoms with Gasteiger partial charge in [0, 0.05) is 22.6 Å². The van der Waals surface area contributed by atoms with Crippen molar-refractivity contribution in [2.75, 3.05) is 10.8 Å². The number of nitrogens with zero attached hydrogens (tertiary/aromatic N) is 2. The van der Waals surface area contributed by atoms with Crippen molar-refractivity contribution in [3.8, 4) is 0 Å². The van der Waals surface area contributed by atoms with Crippen molar-refractivity contribution in [3.63, 3.8) is 0 Å². The average molecular weight is 609 g/mol. The van der Waals surface area contributed by atoms with Gasteiger partial charge in [0.1, 0.15) is 18.4 Å². The number of hydrogen-bond acceptors (Lipinski definition) is 4. The molecule has 0 radical (unpaired) electrons. The predicted molar refractivity (Wildman–Crippen MR) is 156 cm³/mol. The van der Waals surface area contributed by atoms with Crippen LogP contribution in [0.4, 0.5) is 10.1 Å². The second-order valence-electron chi connectivity index (χ2n) is 9.59. The largest absolute Gasteiger partial charge is 0.352 e. The molecule has 214 valence electrons. The lowest BCUT2D eigenvalue weighted by atomic mass is 10.1. The zero-order valence-electron chi connectivity index (χ0n) is 22.7. The monoisotopic (exact) mass is 607 g/mol. The van der Waals surface area contributed by atoms with Gasteiger partial charge in [0.15, 0.2) is 0 Å². The Hall–Kier alpha value is -3.14. The summed E-state index contributed by atoms with van der Waals surface area (Å²) in [4.78, 5) is 28.2. The third-order valence-corrected chi connectivity index (χ3v) is 8.68. The lowest BCUT2D eigenvalue weighted by Gasteiger charge is -2.32. The maximum Gasteiger partial charge on any atom is 0.264 e.